The van der Waals surface area contributed by atoms with E-state index >= 15 is 0 Å². The predicted octanol–water partition coefficient (Wildman–Crippen LogP) is 6.18. The van der Waals surface area contributed by atoms with E-state index < -0.39 is 0 Å². The molecule has 0 radical (unpaired) electrons. The average Bonchev–Trinajstić information content (AvgIpc) is 3.31. The number of nitrogens with zero attached hydrogens (tertiary/aromatic N) is 2. The lowest BCUT2D eigenvalue weighted by Gasteiger charge is -2.15. The second-order valence-corrected chi connectivity index (χ2v) is 7.77. The zero-order chi connectivity index (χ0) is 18.4. The molecule has 1 aliphatic rings. The number of rotatable bonds is 3. The fourth-order valence-electron chi connectivity index (χ4n) is 3.65. The van der Waals surface area contributed by atoms with Crippen molar-refractivity contribution in [1.29, 1.82) is 0 Å². The lowest BCUT2D eigenvalue weighted by atomic mass is 9.92. The van der Waals surface area contributed by atoms with Crippen LogP contribution >= 0.6 is 11.3 Å². The molecular weight excluding hydrogens is 352 g/mol. The topological polar surface area (TPSA) is 38.9 Å². The van der Waals surface area contributed by atoms with Gasteiger partial charge in [-0.05, 0) is 36.5 Å². The molecule has 2 heterocycles. The summed E-state index contributed by atoms with van der Waals surface area (Å²) < 4.78 is 5.72. The van der Waals surface area contributed by atoms with Gasteiger partial charge in [-0.25, -0.2) is 4.98 Å². The number of aryl methyl sites for hydroxylation is 2. The molecule has 27 heavy (non-hydrogen) atoms. The molecule has 5 rings (SSSR count). The van der Waals surface area contributed by atoms with Gasteiger partial charge in [0.15, 0.2) is 10.8 Å². The molecule has 0 saturated carbocycles. The van der Waals surface area contributed by atoms with E-state index in [0.29, 0.717) is 0 Å². The van der Waals surface area contributed by atoms with Gasteiger partial charge >= 0.3 is 0 Å². The molecular formula is C23H18N2OS. The molecule has 0 amide bonds. The molecule has 4 aromatic rings. The highest BCUT2D eigenvalue weighted by Gasteiger charge is 2.24. The van der Waals surface area contributed by atoms with Crippen molar-refractivity contribution < 1.29 is 4.52 Å². The van der Waals surface area contributed by atoms with Gasteiger partial charge in [0.1, 0.15) is 5.69 Å². The first-order valence-electron chi connectivity index (χ1n) is 9.02. The molecule has 3 nitrogen and oxygen atoms in total. The minimum Gasteiger partial charge on any atom is -0.353 e. The van der Waals surface area contributed by atoms with Crippen molar-refractivity contribution in [2.75, 3.05) is 0 Å². The van der Waals surface area contributed by atoms with Crippen molar-refractivity contribution in [3.05, 3.63) is 77.5 Å². The summed E-state index contributed by atoms with van der Waals surface area (Å²) in [4.78, 5) is 6.14. The maximum absolute atomic E-state index is 5.72. The van der Waals surface area contributed by atoms with E-state index in [-0.39, 0.29) is 0 Å². The van der Waals surface area contributed by atoms with E-state index in [2.05, 4.69) is 49.0 Å². The molecule has 2 aromatic heterocycles. The van der Waals surface area contributed by atoms with Crippen LogP contribution < -0.4 is 0 Å². The van der Waals surface area contributed by atoms with E-state index in [9.17, 15) is 0 Å². The standard InChI is InChI=1S/C23H18N2OS/c1-3-15-9-11-18-17(13-15)10-12-19-22(18)27-23(24-19)21-14(2)20(25-26-21)16-7-5-4-6-8-16/h3-9,11,13H,1,10,12H2,2H3. The van der Waals surface area contributed by atoms with Crippen LogP contribution in [0, 0.1) is 6.92 Å². The van der Waals surface area contributed by atoms with Crippen LogP contribution in [-0.4, -0.2) is 10.1 Å². The highest BCUT2D eigenvalue weighted by atomic mass is 32.1. The molecule has 0 spiro atoms. The summed E-state index contributed by atoms with van der Waals surface area (Å²) in [5.74, 6) is 0.775. The largest absolute Gasteiger partial charge is 0.353 e. The van der Waals surface area contributed by atoms with Crippen molar-refractivity contribution in [1.82, 2.24) is 10.1 Å². The van der Waals surface area contributed by atoms with Gasteiger partial charge in [-0.1, -0.05) is 66.3 Å². The summed E-state index contributed by atoms with van der Waals surface area (Å²) in [7, 11) is 0. The summed E-state index contributed by atoms with van der Waals surface area (Å²) >= 11 is 1.70. The number of fused-ring (bicyclic) bond motifs is 3. The first-order chi connectivity index (χ1) is 13.2. The Bertz CT molecular complexity index is 1150. The Labute approximate surface area is 162 Å². The molecule has 0 N–H and O–H groups in total. The summed E-state index contributed by atoms with van der Waals surface area (Å²) in [5, 5.41) is 5.23. The molecule has 1 aliphatic carbocycles. The van der Waals surface area contributed by atoms with Crippen LogP contribution in [0.5, 0.6) is 0 Å². The minimum absolute atomic E-state index is 0.775. The second-order valence-electron chi connectivity index (χ2n) is 6.77. The number of hydrogen-bond acceptors (Lipinski definition) is 4. The average molecular weight is 370 g/mol. The third-order valence-corrected chi connectivity index (χ3v) is 6.23. The summed E-state index contributed by atoms with van der Waals surface area (Å²) in [6.45, 7) is 5.93. The lowest BCUT2D eigenvalue weighted by molar-refractivity contribution is 0.434. The third-order valence-electron chi connectivity index (χ3n) is 5.10. The van der Waals surface area contributed by atoms with E-state index in [0.717, 1.165) is 46.1 Å². The Kier molecular flexibility index (Phi) is 3.80. The van der Waals surface area contributed by atoms with Crippen molar-refractivity contribution in [3.8, 4) is 32.5 Å². The molecule has 0 bridgehead atoms. The maximum Gasteiger partial charge on any atom is 0.198 e. The van der Waals surface area contributed by atoms with Crippen molar-refractivity contribution in [2.45, 2.75) is 19.8 Å². The van der Waals surface area contributed by atoms with Crippen LogP contribution in [0.4, 0.5) is 0 Å². The molecule has 0 atom stereocenters. The van der Waals surface area contributed by atoms with Crippen molar-refractivity contribution in [2.24, 2.45) is 0 Å². The van der Waals surface area contributed by atoms with Gasteiger partial charge in [0.05, 0.1) is 10.6 Å². The smallest absolute Gasteiger partial charge is 0.198 e. The Morgan fingerprint density at radius 1 is 1.11 bits per heavy atom. The van der Waals surface area contributed by atoms with Crippen LogP contribution in [0.15, 0.2) is 59.6 Å². The first-order valence-corrected chi connectivity index (χ1v) is 9.84. The predicted molar refractivity (Wildman–Crippen MR) is 111 cm³/mol. The molecule has 132 valence electrons. The van der Waals surface area contributed by atoms with Gasteiger partial charge in [0.25, 0.3) is 0 Å². The van der Waals surface area contributed by atoms with Crippen LogP contribution in [0.2, 0.25) is 0 Å². The van der Waals surface area contributed by atoms with Crippen LogP contribution in [0.3, 0.4) is 0 Å². The Morgan fingerprint density at radius 3 is 2.78 bits per heavy atom. The Balaban J connectivity index is 1.58. The first kappa shape index (κ1) is 16.2. The third kappa shape index (κ3) is 2.64. The zero-order valence-corrected chi connectivity index (χ0v) is 15.8. The summed E-state index contributed by atoms with van der Waals surface area (Å²) in [6.07, 6.45) is 3.87. The Morgan fingerprint density at radius 2 is 1.96 bits per heavy atom. The second kappa shape index (κ2) is 6.32. The zero-order valence-electron chi connectivity index (χ0n) is 15.0. The van der Waals surface area contributed by atoms with Crippen LogP contribution in [0.1, 0.15) is 22.4 Å². The van der Waals surface area contributed by atoms with Crippen LogP contribution in [-0.2, 0) is 12.8 Å². The van der Waals surface area contributed by atoms with Gasteiger partial charge in [-0.15, -0.1) is 11.3 Å². The monoisotopic (exact) mass is 370 g/mol. The quantitative estimate of drug-likeness (QED) is 0.432. The molecule has 0 aliphatic heterocycles. The highest BCUT2D eigenvalue weighted by molar-refractivity contribution is 7.18. The fraction of sp³-hybridized carbons (Fsp3) is 0.130. The molecule has 4 heteroatoms. The van der Waals surface area contributed by atoms with Gasteiger partial charge in [-0.2, -0.15) is 0 Å². The summed E-state index contributed by atoms with van der Waals surface area (Å²) in [5.41, 5.74) is 7.96. The minimum atomic E-state index is 0.775. The summed E-state index contributed by atoms with van der Waals surface area (Å²) in [6, 6.07) is 16.7. The van der Waals surface area contributed by atoms with Gasteiger partial charge < -0.3 is 4.52 Å². The van der Waals surface area contributed by atoms with E-state index in [1.165, 1.54) is 21.6 Å². The van der Waals surface area contributed by atoms with Gasteiger partial charge in [0, 0.05) is 11.1 Å². The molecule has 0 fully saturated rings. The van der Waals surface area contributed by atoms with Crippen molar-refractivity contribution in [3.63, 3.8) is 0 Å². The Hall–Kier alpha value is -2.98. The highest BCUT2D eigenvalue weighted by Crippen LogP contribution is 2.42. The van der Waals surface area contributed by atoms with E-state index in [1.54, 1.807) is 11.3 Å². The maximum atomic E-state index is 5.72. The molecule has 0 saturated heterocycles. The van der Waals surface area contributed by atoms with Gasteiger partial charge in [-0.3, -0.25) is 0 Å². The van der Waals surface area contributed by atoms with Crippen LogP contribution in [0.25, 0.3) is 38.5 Å². The lowest BCUT2D eigenvalue weighted by Crippen LogP contribution is -2.02. The van der Waals surface area contributed by atoms with Crippen molar-refractivity contribution >= 4 is 17.4 Å². The van der Waals surface area contributed by atoms with Gasteiger partial charge in [0.2, 0.25) is 0 Å². The normalized spacial score (nSPS) is 12.5. The number of benzene rings is 2. The fourth-order valence-corrected chi connectivity index (χ4v) is 4.86. The molecule has 2 aromatic carbocycles. The number of hydrogen-bond donors (Lipinski definition) is 0. The SMILES string of the molecule is C=Cc1ccc2c(c1)CCc1nc(-c3onc(-c4ccccc4)c3C)sc1-2. The molecule has 0 unspecified atom stereocenters. The van der Waals surface area contributed by atoms with E-state index in [1.807, 2.05) is 24.3 Å². The number of aromatic nitrogens is 2. The number of thiazole rings is 1. The van der Waals surface area contributed by atoms with E-state index in [4.69, 9.17) is 9.51 Å².